The number of hydrogen-bond acceptors (Lipinski definition) is 5. The van der Waals surface area contributed by atoms with Crippen molar-refractivity contribution in [2.45, 2.75) is 44.9 Å². The molecule has 6 heteroatoms. The number of aliphatic hydroxyl groups is 2. The summed E-state index contributed by atoms with van der Waals surface area (Å²) in [5, 5.41) is 24.7. The first-order valence-electron chi connectivity index (χ1n) is 10.8. The van der Waals surface area contributed by atoms with Gasteiger partial charge in [-0.25, -0.2) is 0 Å². The Balaban J connectivity index is 1.72. The van der Waals surface area contributed by atoms with Gasteiger partial charge in [0.2, 0.25) is 0 Å². The second kappa shape index (κ2) is 7.55. The summed E-state index contributed by atoms with van der Waals surface area (Å²) >= 11 is 0. The Labute approximate surface area is 182 Å². The monoisotopic (exact) mass is 417 g/mol. The van der Waals surface area contributed by atoms with Crippen molar-refractivity contribution < 1.29 is 15.0 Å². The van der Waals surface area contributed by atoms with Crippen LogP contribution in [0.25, 0.3) is 0 Å². The molecule has 2 aliphatic heterocycles. The number of benzene rings is 2. The molecule has 6 nitrogen and oxygen atoms in total. The summed E-state index contributed by atoms with van der Waals surface area (Å²) in [7, 11) is 0. The van der Waals surface area contributed by atoms with Gasteiger partial charge in [0.1, 0.15) is 6.10 Å². The van der Waals surface area contributed by atoms with Crippen molar-refractivity contribution in [3.63, 3.8) is 0 Å². The third-order valence-electron chi connectivity index (χ3n) is 6.48. The number of amides is 1. The van der Waals surface area contributed by atoms with Gasteiger partial charge in [-0.2, -0.15) is 5.01 Å². The summed E-state index contributed by atoms with van der Waals surface area (Å²) in [5.74, 6) is -0.583. The first-order chi connectivity index (χ1) is 15.0. The highest BCUT2D eigenvalue weighted by Gasteiger charge is 2.44. The minimum Gasteiger partial charge on any atom is -0.507 e. The molecule has 2 N–H and O–H groups in total. The minimum atomic E-state index is -1.18. The van der Waals surface area contributed by atoms with Crippen LogP contribution in [-0.2, 0) is 17.6 Å². The molecule has 0 radical (unpaired) electrons. The summed E-state index contributed by atoms with van der Waals surface area (Å²) in [4.78, 5) is 15.0. The first-order valence-corrected chi connectivity index (χ1v) is 10.8. The fourth-order valence-corrected chi connectivity index (χ4v) is 4.85. The topological polar surface area (TPSA) is 67.2 Å². The zero-order chi connectivity index (χ0) is 21.7. The molecule has 31 heavy (non-hydrogen) atoms. The predicted octanol–water partition coefficient (Wildman–Crippen LogP) is 3.26. The van der Waals surface area contributed by atoms with Crippen molar-refractivity contribution in [1.82, 2.24) is 14.9 Å². The lowest BCUT2D eigenvalue weighted by molar-refractivity contribution is -0.153. The van der Waals surface area contributed by atoms with Gasteiger partial charge in [0, 0.05) is 12.2 Å². The molecular formula is C25H27N3O3. The molecule has 2 aromatic carbocycles. The molecule has 160 valence electrons. The summed E-state index contributed by atoms with van der Waals surface area (Å²) < 4.78 is 0. The average molecular weight is 418 g/mol. The lowest BCUT2D eigenvalue weighted by Crippen LogP contribution is -2.60. The molecule has 0 saturated carbocycles. The van der Waals surface area contributed by atoms with E-state index in [1.807, 2.05) is 13.8 Å². The number of aryl methyl sites for hydroxylation is 2. The zero-order valence-electron chi connectivity index (χ0n) is 17.8. The summed E-state index contributed by atoms with van der Waals surface area (Å²) in [5.41, 5.74) is 5.09. The zero-order valence-corrected chi connectivity index (χ0v) is 17.8. The van der Waals surface area contributed by atoms with Gasteiger partial charge in [-0.3, -0.25) is 9.80 Å². The Morgan fingerprint density at radius 1 is 0.968 bits per heavy atom. The maximum atomic E-state index is 13.2. The van der Waals surface area contributed by atoms with E-state index in [1.165, 1.54) is 28.3 Å². The third-order valence-corrected chi connectivity index (χ3v) is 6.48. The van der Waals surface area contributed by atoms with E-state index in [0.29, 0.717) is 6.67 Å². The van der Waals surface area contributed by atoms with E-state index in [2.05, 4.69) is 53.5 Å². The Hall–Kier alpha value is -3.09. The quantitative estimate of drug-likeness (QED) is 0.785. The maximum Gasteiger partial charge on any atom is 0.276 e. The molecule has 3 aliphatic rings. The van der Waals surface area contributed by atoms with Crippen LogP contribution in [0.3, 0.4) is 0 Å². The van der Waals surface area contributed by atoms with Crippen LogP contribution in [0.1, 0.15) is 42.1 Å². The van der Waals surface area contributed by atoms with Crippen LogP contribution >= 0.6 is 0 Å². The van der Waals surface area contributed by atoms with Gasteiger partial charge in [-0.1, -0.05) is 48.5 Å². The minimum absolute atomic E-state index is 0.0586. The number of fused-ring (bicyclic) bond motifs is 3. The van der Waals surface area contributed by atoms with Gasteiger partial charge in [-0.05, 0) is 55.0 Å². The fraction of sp³-hybridized carbons (Fsp3) is 0.320. The van der Waals surface area contributed by atoms with Crippen LogP contribution in [0.5, 0.6) is 0 Å². The smallest absolute Gasteiger partial charge is 0.276 e. The largest absolute Gasteiger partial charge is 0.507 e. The number of hydrazine groups is 1. The Morgan fingerprint density at radius 2 is 1.55 bits per heavy atom. The molecular weight excluding hydrogens is 390 g/mol. The first kappa shape index (κ1) is 19.8. The van der Waals surface area contributed by atoms with Crippen LogP contribution in [0.4, 0.5) is 0 Å². The predicted molar refractivity (Wildman–Crippen MR) is 117 cm³/mol. The molecule has 1 fully saturated rings. The van der Waals surface area contributed by atoms with Crippen molar-refractivity contribution >= 4 is 5.91 Å². The normalized spacial score (nSPS) is 21.8. The second-order valence-corrected chi connectivity index (χ2v) is 8.61. The molecule has 1 unspecified atom stereocenters. The molecule has 1 amide bonds. The maximum absolute atomic E-state index is 13.2. The summed E-state index contributed by atoms with van der Waals surface area (Å²) in [6.45, 7) is 4.31. The molecule has 2 heterocycles. The highest BCUT2D eigenvalue weighted by atomic mass is 16.3. The van der Waals surface area contributed by atoms with Gasteiger partial charge in [0.05, 0.1) is 12.7 Å². The van der Waals surface area contributed by atoms with Crippen molar-refractivity contribution in [1.29, 1.82) is 0 Å². The van der Waals surface area contributed by atoms with E-state index in [-0.39, 0.29) is 29.4 Å². The van der Waals surface area contributed by atoms with Gasteiger partial charge < -0.3 is 15.1 Å². The Morgan fingerprint density at radius 3 is 2.13 bits per heavy atom. The van der Waals surface area contributed by atoms with E-state index >= 15 is 0 Å². The molecule has 0 bridgehead atoms. The van der Waals surface area contributed by atoms with E-state index in [1.54, 1.807) is 16.1 Å². The Bertz CT molecular complexity index is 1040. The molecule has 2 aromatic rings. The van der Waals surface area contributed by atoms with Gasteiger partial charge >= 0.3 is 0 Å². The van der Waals surface area contributed by atoms with Gasteiger partial charge in [0.25, 0.3) is 5.91 Å². The molecule has 0 aromatic heterocycles. The highest BCUT2D eigenvalue weighted by Crippen LogP contribution is 2.41. The molecule has 5 rings (SSSR count). The van der Waals surface area contributed by atoms with Crippen LogP contribution < -0.4 is 0 Å². The summed E-state index contributed by atoms with van der Waals surface area (Å²) in [6.07, 6.45) is 3.93. The van der Waals surface area contributed by atoms with Gasteiger partial charge in [-0.15, -0.1) is 0 Å². The Kier molecular flexibility index (Phi) is 4.84. The molecule has 1 saturated heterocycles. The van der Waals surface area contributed by atoms with Crippen LogP contribution in [-0.4, -0.2) is 49.9 Å². The molecule has 1 aliphatic carbocycles. The van der Waals surface area contributed by atoms with E-state index in [9.17, 15) is 15.0 Å². The number of carbonyl (C=O) groups excluding carboxylic acids is 1. The van der Waals surface area contributed by atoms with E-state index in [4.69, 9.17) is 0 Å². The van der Waals surface area contributed by atoms with E-state index < -0.39 is 6.10 Å². The van der Waals surface area contributed by atoms with Crippen LogP contribution in [0.2, 0.25) is 0 Å². The van der Waals surface area contributed by atoms with Crippen LogP contribution in [0, 0.1) is 0 Å². The number of carbonyl (C=O) groups is 1. The van der Waals surface area contributed by atoms with Crippen molar-refractivity contribution in [2.75, 3.05) is 6.67 Å². The van der Waals surface area contributed by atoms with Crippen molar-refractivity contribution in [2.24, 2.45) is 0 Å². The standard InChI is InChI=1S/C25H27N3O3/c1-16(2)26-15-28(27-14-13-21(29)24(30)23(27)25(26)31)22-19-9-5-3-7-17(19)11-12-18-8-4-6-10-20(18)22/h3-10,13-14,16,21-22,29-30H,11-12,15H2,1-2H3. The van der Waals surface area contributed by atoms with Crippen LogP contribution in [0.15, 0.2) is 72.3 Å². The number of hydrogen-bond donors (Lipinski definition) is 2. The lowest BCUT2D eigenvalue weighted by Gasteiger charge is -2.50. The number of aliphatic hydroxyl groups excluding tert-OH is 2. The van der Waals surface area contributed by atoms with Crippen molar-refractivity contribution in [3.8, 4) is 0 Å². The fourth-order valence-electron chi connectivity index (χ4n) is 4.85. The lowest BCUT2D eigenvalue weighted by atomic mass is 9.93. The number of nitrogens with zero attached hydrogens (tertiary/aromatic N) is 3. The average Bonchev–Trinajstić information content (AvgIpc) is 2.93. The summed E-state index contributed by atoms with van der Waals surface area (Å²) in [6, 6.07) is 16.7. The number of rotatable bonds is 2. The van der Waals surface area contributed by atoms with Gasteiger partial charge in [0.15, 0.2) is 11.5 Å². The van der Waals surface area contributed by atoms with E-state index in [0.717, 1.165) is 12.8 Å². The second-order valence-electron chi connectivity index (χ2n) is 8.61. The SMILES string of the molecule is CC(C)N1CN(C2c3ccccc3CCc3ccccc32)N2C=CC(O)C(O)=C2C1=O. The molecule has 0 spiro atoms. The highest BCUT2D eigenvalue weighted by molar-refractivity contribution is 5.94. The molecule has 1 atom stereocenters. The third kappa shape index (κ3) is 3.14. The van der Waals surface area contributed by atoms with Crippen molar-refractivity contribution in [3.05, 3.63) is 94.5 Å².